The van der Waals surface area contributed by atoms with Gasteiger partial charge in [0.15, 0.2) is 0 Å². The van der Waals surface area contributed by atoms with Crippen LogP contribution in [0.5, 0.6) is 5.75 Å². The second-order valence-corrected chi connectivity index (χ2v) is 8.81. The summed E-state index contributed by atoms with van der Waals surface area (Å²) in [6.45, 7) is 4.01. The van der Waals surface area contributed by atoms with Crippen molar-refractivity contribution in [1.82, 2.24) is 19.4 Å². The number of H-pyrrole nitrogens is 1. The molecule has 3 heterocycles. The number of carboxylic acid groups (broad SMARTS) is 1. The van der Waals surface area contributed by atoms with Gasteiger partial charge >= 0.3 is 5.97 Å². The lowest BCUT2D eigenvalue weighted by Gasteiger charge is -2.25. The van der Waals surface area contributed by atoms with Crippen LogP contribution in [0.2, 0.25) is 0 Å². The third-order valence-electron chi connectivity index (χ3n) is 6.29. The van der Waals surface area contributed by atoms with Gasteiger partial charge in [0.25, 0.3) is 0 Å². The Morgan fingerprint density at radius 3 is 2.78 bits per heavy atom. The Morgan fingerprint density at radius 2 is 2.06 bits per heavy atom. The van der Waals surface area contributed by atoms with Crippen molar-refractivity contribution in [3.8, 4) is 17.1 Å². The number of carboxylic acids is 1. The number of nitrogens with zero attached hydrogens (tertiary/aromatic N) is 3. The predicted octanol–water partition coefficient (Wildman–Crippen LogP) is 4.61. The maximum Gasteiger partial charge on any atom is 0.306 e. The van der Waals surface area contributed by atoms with Crippen LogP contribution in [0.4, 0.5) is 5.82 Å². The number of fused-ring (bicyclic) bond motifs is 2. The molecule has 0 spiro atoms. The molecular weight excluding hydrogens is 406 g/mol. The van der Waals surface area contributed by atoms with E-state index in [-0.39, 0.29) is 17.9 Å². The van der Waals surface area contributed by atoms with Crippen LogP contribution in [0.3, 0.4) is 0 Å². The molecule has 8 nitrogen and oxygen atoms in total. The average molecular weight is 434 g/mol. The number of hydrogen-bond donors (Lipinski definition) is 3. The first-order valence-electron chi connectivity index (χ1n) is 11.1. The van der Waals surface area contributed by atoms with Crippen molar-refractivity contribution in [2.45, 2.75) is 51.6 Å². The van der Waals surface area contributed by atoms with Gasteiger partial charge in [0, 0.05) is 23.7 Å². The first-order chi connectivity index (χ1) is 15.4. The fourth-order valence-electron chi connectivity index (χ4n) is 4.77. The van der Waals surface area contributed by atoms with E-state index in [4.69, 9.17) is 15.5 Å². The topological polar surface area (TPSA) is 119 Å². The van der Waals surface area contributed by atoms with E-state index in [2.05, 4.69) is 16.0 Å². The molecule has 3 aromatic heterocycles. The molecule has 0 bridgehead atoms. The molecule has 0 atom stereocenters. The van der Waals surface area contributed by atoms with Gasteiger partial charge in [0.1, 0.15) is 28.6 Å². The van der Waals surface area contributed by atoms with Crippen molar-refractivity contribution in [3.63, 3.8) is 0 Å². The van der Waals surface area contributed by atoms with Crippen LogP contribution in [0.1, 0.15) is 51.3 Å². The quantitative estimate of drug-likeness (QED) is 0.423. The van der Waals surface area contributed by atoms with E-state index in [1.807, 2.05) is 42.6 Å². The van der Waals surface area contributed by atoms with E-state index < -0.39 is 5.97 Å². The molecule has 0 amide bonds. The van der Waals surface area contributed by atoms with Crippen LogP contribution < -0.4 is 10.5 Å². The summed E-state index contributed by atoms with van der Waals surface area (Å²) >= 11 is 0. The average Bonchev–Trinajstić information content (AvgIpc) is 3.36. The number of benzene rings is 1. The van der Waals surface area contributed by atoms with Gasteiger partial charge in [0.05, 0.1) is 23.2 Å². The van der Waals surface area contributed by atoms with Gasteiger partial charge in [-0.1, -0.05) is 12.1 Å². The number of ether oxygens (including phenoxy) is 1. The molecule has 0 radical (unpaired) electrons. The Balaban J connectivity index is 1.60. The van der Waals surface area contributed by atoms with Crippen LogP contribution >= 0.6 is 0 Å². The SMILES string of the molecule is CC(C)Oc1cccc2cc(-c3nc([C@H]4CC[C@H](C(=O)O)CC4)n4ccnc(N)c34)[nH]c12. The number of nitrogen functional groups attached to an aromatic ring is 1. The summed E-state index contributed by atoms with van der Waals surface area (Å²) in [5.74, 6) is 1.33. The van der Waals surface area contributed by atoms with E-state index in [9.17, 15) is 9.90 Å². The van der Waals surface area contributed by atoms with Crippen LogP contribution in [0.15, 0.2) is 36.7 Å². The third-order valence-corrected chi connectivity index (χ3v) is 6.29. The van der Waals surface area contributed by atoms with E-state index >= 15 is 0 Å². The Hall–Kier alpha value is -3.55. The molecule has 1 aliphatic carbocycles. The number of nitrogens with one attached hydrogen (secondary N) is 1. The summed E-state index contributed by atoms with van der Waals surface area (Å²) in [5, 5.41) is 10.4. The van der Waals surface area contributed by atoms with Crippen molar-refractivity contribution in [1.29, 1.82) is 0 Å². The molecule has 4 aromatic rings. The molecular formula is C24H27N5O3. The molecule has 4 N–H and O–H groups in total. The summed E-state index contributed by atoms with van der Waals surface area (Å²) in [7, 11) is 0. The summed E-state index contributed by atoms with van der Waals surface area (Å²) in [5.41, 5.74) is 9.58. The molecule has 0 saturated heterocycles. The molecule has 166 valence electrons. The van der Waals surface area contributed by atoms with Gasteiger partial charge in [-0.2, -0.15) is 0 Å². The smallest absolute Gasteiger partial charge is 0.306 e. The summed E-state index contributed by atoms with van der Waals surface area (Å²) in [6.07, 6.45) is 6.53. The van der Waals surface area contributed by atoms with Gasteiger partial charge in [-0.3, -0.25) is 9.20 Å². The Morgan fingerprint density at radius 1 is 1.28 bits per heavy atom. The Kier molecular flexibility index (Phi) is 5.00. The number of imidazole rings is 1. The number of aromatic amines is 1. The standard InChI is InChI=1S/C24H27N5O3/c1-13(2)32-18-5-3-4-16-12-17(27-19(16)18)20-21-22(25)26-10-11-29(21)23(28-20)14-6-8-15(9-7-14)24(30)31/h3-5,10-15,27H,6-9H2,1-2H3,(H2,25,26)(H,30,31)/t14-,15-. The van der Waals surface area contributed by atoms with Gasteiger partial charge < -0.3 is 20.6 Å². The molecule has 5 rings (SSSR count). The molecule has 32 heavy (non-hydrogen) atoms. The van der Waals surface area contributed by atoms with Crippen LogP contribution in [-0.2, 0) is 4.79 Å². The summed E-state index contributed by atoms with van der Waals surface area (Å²) < 4.78 is 7.99. The molecule has 0 unspecified atom stereocenters. The predicted molar refractivity (Wildman–Crippen MR) is 123 cm³/mol. The summed E-state index contributed by atoms with van der Waals surface area (Å²) in [6, 6.07) is 8.03. The highest BCUT2D eigenvalue weighted by Crippen LogP contribution is 2.39. The number of para-hydroxylation sites is 1. The second kappa shape index (κ2) is 7.85. The first-order valence-corrected chi connectivity index (χ1v) is 11.1. The number of anilines is 1. The number of hydrogen-bond acceptors (Lipinski definition) is 5. The molecule has 1 saturated carbocycles. The van der Waals surface area contributed by atoms with Crippen molar-refractivity contribution >= 4 is 28.2 Å². The molecule has 8 heteroatoms. The van der Waals surface area contributed by atoms with Gasteiger partial charge in [-0.15, -0.1) is 0 Å². The van der Waals surface area contributed by atoms with Crippen LogP contribution in [0, 0.1) is 5.92 Å². The minimum Gasteiger partial charge on any atom is -0.489 e. The first kappa shape index (κ1) is 20.4. The second-order valence-electron chi connectivity index (χ2n) is 8.81. The van der Waals surface area contributed by atoms with Crippen molar-refractivity contribution in [2.24, 2.45) is 5.92 Å². The highest BCUT2D eigenvalue weighted by Gasteiger charge is 2.30. The van der Waals surface area contributed by atoms with E-state index in [0.717, 1.165) is 52.2 Å². The van der Waals surface area contributed by atoms with Gasteiger partial charge in [-0.05, 0) is 51.7 Å². The third kappa shape index (κ3) is 3.45. The lowest BCUT2D eigenvalue weighted by atomic mass is 9.81. The zero-order valence-corrected chi connectivity index (χ0v) is 18.2. The molecule has 1 aromatic carbocycles. The number of rotatable bonds is 5. The zero-order chi connectivity index (χ0) is 22.4. The van der Waals surface area contributed by atoms with Crippen molar-refractivity contribution in [2.75, 3.05) is 5.73 Å². The fraction of sp³-hybridized carbons (Fsp3) is 0.375. The summed E-state index contributed by atoms with van der Waals surface area (Å²) in [4.78, 5) is 24.2. The number of aliphatic carboxylic acids is 1. The van der Waals surface area contributed by atoms with Crippen molar-refractivity contribution < 1.29 is 14.6 Å². The van der Waals surface area contributed by atoms with E-state index in [1.165, 1.54) is 0 Å². The maximum atomic E-state index is 11.4. The minimum atomic E-state index is -0.706. The maximum absolute atomic E-state index is 11.4. The van der Waals surface area contributed by atoms with Gasteiger partial charge in [-0.25, -0.2) is 9.97 Å². The normalized spacial score (nSPS) is 19.1. The lowest BCUT2D eigenvalue weighted by molar-refractivity contribution is -0.142. The zero-order valence-electron chi connectivity index (χ0n) is 18.2. The van der Waals surface area contributed by atoms with Crippen LogP contribution in [0.25, 0.3) is 27.8 Å². The van der Waals surface area contributed by atoms with Gasteiger partial charge in [0.2, 0.25) is 0 Å². The minimum absolute atomic E-state index is 0.0631. The number of aromatic nitrogens is 4. The van der Waals surface area contributed by atoms with Crippen molar-refractivity contribution in [3.05, 3.63) is 42.5 Å². The highest BCUT2D eigenvalue weighted by molar-refractivity contribution is 5.93. The molecule has 0 aliphatic heterocycles. The molecule has 1 aliphatic rings. The highest BCUT2D eigenvalue weighted by atomic mass is 16.5. The lowest BCUT2D eigenvalue weighted by Crippen LogP contribution is -2.21. The number of carbonyl (C=O) groups is 1. The Bertz CT molecular complexity index is 1300. The Labute approximate surface area is 185 Å². The molecule has 1 fully saturated rings. The monoisotopic (exact) mass is 433 g/mol. The van der Waals surface area contributed by atoms with E-state index in [1.54, 1.807) is 6.20 Å². The largest absolute Gasteiger partial charge is 0.489 e. The fourth-order valence-corrected chi connectivity index (χ4v) is 4.77. The van der Waals surface area contributed by atoms with E-state index in [0.29, 0.717) is 18.7 Å². The number of nitrogens with two attached hydrogens (primary N) is 1. The van der Waals surface area contributed by atoms with Crippen LogP contribution in [-0.4, -0.2) is 36.5 Å².